The molecule has 1 aromatic heterocycles. The molecule has 106 valence electrons. The van der Waals surface area contributed by atoms with Gasteiger partial charge in [-0.25, -0.2) is 0 Å². The first-order valence-corrected chi connectivity index (χ1v) is 7.23. The van der Waals surface area contributed by atoms with Crippen LogP contribution < -0.4 is 0 Å². The van der Waals surface area contributed by atoms with Gasteiger partial charge in [-0.1, -0.05) is 0 Å². The minimum absolute atomic E-state index is 0.0409. The van der Waals surface area contributed by atoms with Crippen molar-refractivity contribution in [1.82, 2.24) is 9.47 Å². The van der Waals surface area contributed by atoms with E-state index in [2.05, 4.69) is 15.9 Å². The fraction of sp³-hybridized carbons (Fsp3) is 0.615. The molecule has 1 aliphatic rings. The average molecular weight is 331 g/mol. The van der Waals surface area contributed by atoms with E-state index in [1.807, 2.05) is 16.8 Å². The monoisotopic (exact) mass is 330 g/mol. The molecule has 1 amide bonds. The lowest BCUT2D eigenvalue weighted by atomic mass is 10.3. The van der Waals surface area contributed by atoms with Crippen LogP contribution in [0.2, 0.25) is 0 Å². The summed E-state index contributed by atoms with van der Waals surface area (Å²) in [5.74, 6) is -0.0521. The van der Waals surface area contributed by atoms with Crippen LogP contribution in [0.3, 0.4) is 0 Å². The van der Waals surface area contributed by atoms with Crippen LogP contribution in [-0.4, -0.2) is 53.9 Å². The Morgan fingerprint density at radius 2 is 2.32 bits per heavy atom. The van der Waals surface area contributed by atoms with E-state index in [9.17, 15) is 4.79 Å². The minimum atomic E-state index is -0.0521. The Bertz CT molecular complexity index is 443. The number of amides is 1. The van der Waals surface area contributed by atoms with Crippen molar-refractivity contribution in [2.45, 2.75) is 18.9 Å². The number of rotatable bonds is 7. The van der Waals surface area contributed by atoms with E-state index in [0.717, 1.165) is 17.3 Å². The molecule has 2 rings (SSSR count). The second-order valence-corrected chi connectivity index (χ2v) is 5.61. The summed E-state index contributed by atoms with van der Waals surface area (Å²) in [5, 5.41) is 9.08. The minimum Gasteiger partial charge on any atom is -0.395 e. The number of aliphatic hydroxyl groups excluding tert-OH is 1. The first-order chi connectivity index (χ1) is 9.17. The zero-order valence-electron chi connectivity index (χ0n) is 11.0. The molecule has 5 nitrogen and oxygen atoms in total. The maximum absolute atomic E-state index is 12.5. The van der Waals surface area contributed by atoms with Crippen molar-refractivity contribution in [3.63, 3.8) is 0 Å². The number of carbonyl (C=O) groups is 1. The highest BCUT2D eigenvalue weighted by Crippen LogP contribution is 2.37. The largest absolute Gasteiger partial charge is 0.395 e. The second-order valence-electron chi connectivity index (χ2n) is 4.69. The van der Waals surface area contributed by atoms with Crippen molar-refractivity contribution < 1.29 is 14.6 Å². The molecule has 0 unspecified atom stereocenters. The molecule has 1 saturated carbocycles. The van der Waals surface area contributed by atoms with Crippen LogP contribution in [0.4, 0.5) is 0 Å². The third-order valence-electron chi connectivity index (χ3n) is 3.20. The maximum atomic E-state index is 12.5. The van der Waals surface area contributed by atoms with Gasteiger partial charge in [0.25, 0.3) is 5.91 Å². The molecule has 0 spiro atoms. The van der Waals surface area contributed by atoms with E-state index in [0.29, 0.717) is 31.4 Å². The van der Waals surface area contributed by atoms with Gasteiger partial charge in [-0.05, 0) is 34.8 Å². The highest BCUT2D eigenvalue weighted by atomic mass is 79.9. The molecular weight excluding hydrogens is 312 g/mol. The summed E-state index contributed by atoms with van der Waals surface area (Å²) in [7, 11) is 1.60. The zero-order valence-corrected chi connectivity index (χ0v) is 12.6. The van der Waals surface area contributed by atoms with Gasteiger partial charge in [-0.2, -0.15) is 0 Å². The lowest BCUT2D eigenvalue weighted by Gasteiger charge is -2.22. The fourth-order valence-electron chi connectivity index (χ4n) is 2.07. The van der Waals surface area contributed by atoms with Gasteiger partial charge in [0.05, 0.1) is 13.2 Å². The predicted octanol–water partition coefficient (Wildman–Crippen LogP) is 1.67. The van der Waals surface area contributed by atoms with Crippen LogP contribution in [0.1, 0.15) is 29.4 Å². The Labute approximate surface area is 121 Å². The first kappa shape index (κ1) is 14.6. The van der Waals surface area contributed by atoms with Gasteiger partial charge in [0.15, 0.2) is 0 Å². The highest BCUT2D eigenvalue weighted by Gasteiger charge is 2.29. The van der Waals surface area contributed by atoms with E-state index in [4.69, 9.17) is 9.84 Å². The van der Waals surface area contributed by atoms with Gasteiger partial charge in [-0.15, -0.1) is 0 Å². The second kappa shape index (κ2) is 6.54. The maximum Gasteiger partial charge on any atom is 0.270 e. The van der Waals surface area contributed by atoms with Gasteiger partial charge < -0.3 is 19.3 Å². The normalized spacial score (nSPS) is 14.7. The summed E-state index contributed by atoms with van der Waals surface area (Å²) < 4.78 is 7.95. The summed E-state index contributed by atoms with van der Waals surface area (Å²) >= 11 is 3.42. The third-order valence-corrected chi connectivity index (χ3v) is 3.63. The Hall–Kier alpha value is -0.850. The van der Waals surface area contributed by atoms with Gasteiger partial charge in [0, 0.05) is 36.9 Å². The molecule has 1 fully saturated rings. The molecule has 1 aliphatic carbocycles. The van der Waals surface area contributed by atoms with Crippen LogP contribution >= 0.6 is 15.9 Å². The van der Waals surface area contributed by atoms with Crippen LogP contribution in [0.15, 0.2) is 16.7 Å². The Morgan fingerprint density at radius 1 is 1.58 bits per heavy atom. The molecule has 1 N–H and O–H groups in total. The van der Waals surface area contributed by atoms with Crippen molar-refractivity contribution in [3.8, 4) is 0 Å². The van der Waals surface area contributed by atoms with Gasteiger partial charge in [0.2, 0.25) is 0 Å². The van der Waals surface area contributed by atoms with E-state index in [-0.39, 0.29) is 12.5 Å². The SMILES string of the molecule is COCCN(CCO)C(=O)c1cc(Br)cn1C1CC1. The molecule has 0 radical (unpaired) electrons. The van der Waals surface area contributed by atoms with Gasteiger partial charge in [-0.3, -0.25) is 4.79 Å². The molecule has 0 aromatic carbocycles. The van der Waals surface area contributed by atoms with Crippen molar-refractivity contribution in [3.05, 3.63) is 22.4 Å². The van der Waals surface area contributed by atoms with Gasteiger partial charge >= 0.3 is 0 Å². The number of aliphatic hydroxyl groups is 1. The molecule has 0 aliphatic heterocycles. The Morgan fingerprint density at radius 3 is 2.89 bits per heavy atom. The average Bonchev–Trinajstić information content (AvgIpc) is 3.17. The summed E-state index contributed by atoms with van der Waals surface area (Å²) in [4.78, 5) is 14.2. The number of carbonyl (C=O) groups excluding carboxylic acids is 1. The third kappa shape index (κ3) is 3.58. The number of hydrogen-bond donors (Lipinski definition) is 1. The van der Waals surface area contributed by atoms with Crippen LogP contribution in [-0.2, 0) is 4.74 Å². The molecule has 0 atom stereocenters. The summed E-state index contributed by atoms with van der Waals surface area (Å²) in [6.07, 6.45) is 4.21. The van der Waals surface area contributed by atoms with Crippen LogP contribution in [0.5, 0.6) is 0 Å². The fourth-order valence-corrected chi connectivity index (χ4v) is 2.51. The standard InChI is InChI=1S/C13H19BrN2O3/c1-19-7-5-15(4-6-17)13(18)12-8-10(14)9-16(12)11-2-3-11/h8-9,11,17H,2-7H2,1H3. The quantitative estimate of drug-likeness (QED) is 0.827. The zero-order chi connectivity index (χ0) is 13.8. The molecule has 1 heterocycles. The van der Waals surface area contributed by atoms with E-state index >= 15 is 0 Å². The number of methoxy groups -OCH3 is 1. The number of halogens is 1. The molecule has 6 heteroatoms. The number of ether oxygens (including phenoxy) is 1. The molecular formula is C13H19BrN2O3. The van der Waals surface area contributed by atoms with E-state index in [1.54, 1.807) is 12.0 Å². The van der Waals surface area contributed by atoms with E-state index < -0.39 is 0 Å². The summed E-state index contributed by atoms with van der Waals surface area (Å²) in [6.45, 7) is 1.25. The number of nitrogens with zero attached hydrogens (tertiary/aromatic N) is 2. The first-order valence-electron chi connectivity index (χ1n) is 6.43. The molecule has 0 bridgehead atoms. The Balaban J connectivity index is 2.15. The van der Waals surface area contributed by atoms with Crippen molar-refractivity contribution in [2.24, 2.45) is 0 Å². The van der Waals surface area contributed by atoms with Crippen molar-refractivity contribution in [2.75, 3.05) is 33.4 Å². The van der Waals surface area contributed by atoms with E-state index in [1.165, 1.54) is 0 Å². The van der Waals surface area contributed by atoms with Crippen LogP contribution in [0, 0.1) is 0 Å². The number of hydrogen-bond acceptors (Lipinski definition) is 3. The molecule has 1 aromatic rings. The van der Waals surface area contributed by atoms with Crippen molar-refractivity contribution >= 4 is 21.8 Å². The van der Waals surface area contributed by atoms with Gasteiger partial charge in [0.1, 0.15) is 5.69 Å². The number of aromatic nitrogens is 1. The van der Waals surface area contributed by atoms with Crippen molar-refractivity contribution in [1.29, 1.82) is 0 Å². The topological polar surface area (TPSA) is 54.7 Å². The lowest BCUT2D eigenvalue weighted by molar-refractivity contribution is 0.0646. The summed E-state index contributed by atoms with van der Waals surface area (Å²) in [5.41, 5.74) is 0.680. The van der Waals surface area contributed by atoms with Crippen LogP contribution in [0.25, 0.3) is 0 Å². The Kier molecular flexibility index (Phi) is 5.01. The predicted molar refractivity (Wildman–Crippen MR) is 75.3 cm³/mol. The lowest BCUT2D eigenvalue weighted by Crippen LogP contribution is -2.37. The smallest absolute Gasteiger partial charge is 0.270 e. The molecule has 19 heavy (non-hydrogen) atoms. The highest BCUT2D eigenvalue weighted by molar-refractivity contribution is 9.10. The molecule has 0 saturated heterocycles. The summed E-state index contributed by atoms with van der Waals surface area (Å²) in [6, 6.07) is 2.29.